The largest absolute Gasteiger partial charge is 0.366 e. The highest BCUT2D eigenvalue weighted by molar-refractivity contribution is 5.94. The van der Waals surface area contributed by atoms with Gasteiger partial charge in [-0.25, -0.2) is 5.10 Å². The summed E-state index contributed by atoms with van der Waals surface area (Å²) < 4.78 is 0. The quantitative estimate of drug-likeness (QED) is 0.298. The number of nitrogens with zero attached hydrogens (tertiary/aromatic N) is 5. The van der Waals surface area contributed by atoms with Crippen LogP contribution >= 0.6 is 0 Å². The maximum atomic E-state index is 13.7. The number of hydrogen-bond donors (Lipinski definition) is 4. The summed E-state index contributed by atoms with van der Waals surface area (Å²) in [5, 5.41) is 29.1. The van der Waals surface area contributed by atoms with Crippen LogP contribution in [0.1, 0.15) is 100 Å². The maximum absolute atomic E-state index is 13.7. The number of likely N-dealkylation sites (tertiary alicyclic amines) is 1. The van der Waals surface area contributed by atoms with Gasteiger partial charge < -0.3 is 21.7 Å². The summed E-state index contributed by atoms with van der Waals surface area (Å²) in [4.78, 5) is 40.0. The van der Waals surface area contributed by atoms with Gasteiger partial charge >= 0.3 is 0 Å². The standard InChI is InChI=1S/C33H37N9O3/c34-16-24-14-23-15-27(23)42(24)28(43)17-37-32(10-2-1-3-11-32)18-33(31-38-40-41-39-31)25-8-6-21(29(35)44)12-19(25)4-5-20-13-22(30(36)45)7-9-26(20)33/h6-9,12-13,23-24,27,37H,1-5,10-11,14-15,17-18H2,(H2,35,44)(H2,36,45)(H,38,39,40,41)/t23-,24+,27+/m1/s1. The van der Waals surface area contributed by atoms with Gasteiger partial charge in [0.15, 0.2) is 5.82 Å². The van der Waals surface area contributed by atoms with Crippen LogP contribution in [0, 0.1) is 17.2 Å². The zero-order chi connectivity index (χ0) is 31.3. The summed E-state index contributed by atoms with van der Waals surface area (Å²) >= 11 is 0. The Morgan fingerprint density at radius 2 is 1.62 bits per heavy atom. The van der Waals surface area contributed by atoms with Gasteiger partial charge in [-0.2, -0.15) is 5.26 Å². The number of aromatic nitrogens is 4. The van der Waals surface area contributed by atoms with Crippen LogP contribution in [0.15, 0.2) is 36.4 Å². The van der Waals surface area contributed by atoms with E-state index in [0.29, 0.717) is 42.1 Å². The number of amides is 3. The third kappa shape index (κ3) is 4.95. The first-order chi connectivity index (χ1) is 21.7. The van der Waals surface area contributed by atoms with E-state index in [1.807, 2.05) is 24.3 Å². The molecule has 12 heteroatoms. The zero-order valence-corrected chi connectivity index (χ0v) is 25.1. The molecule has 2 aromatic carbocycles. The summed E-state index contributed by atoms with van der Waals surface area (Å²) in [5.41, 5.74) is 14.6. The lowest BCUT2D eigenvalue weighted by Gasteiger charge is -2.46. The summed E-state index contributed by atoms with van der Waals surface area (Å²) in [5.74, 6) is -0.0813. The third-order valence-electron chi connectivity index (χ3n) is 10.7. The molecule has 4 aliphatic rings. The molecule has 3 fully saturated rings. The van der Waals surface area contributed by atoms with E-state index in [9.17, 15) is 19.6 Å². The molecule has 0 unspecified atom stereocenters. The summed E-state index contributed by atoms with van der Waals surface area (Å²) in [6.07, 6.45) is 8.19. The maximum Gasteiger partial charge on any atom is 0.248 e. The van der Waals surface area contributed by atoms with Gasteiger partial charge in [0.05, 0.1) is 18.0 Å². The molecule has 0 spiro atoms. The van der Waals surface area contributed by atoms with Gasteiger partial charge in [0.25, 0.3) is 0 Å². The molecule has 3 atom stereocenters. The van der Waals surface area contributed by atoms with Gasteiger partial charge in [0.2, 0.25) is 17.7 Å². The Labute approximate surface area is 260 Å². The van der Waals surface area contributed by atoms with Crippen molar-refractivity contribution in [1.29, 1.82) is 5.26 Å². The van der Waals surface area contributed by atoms with E-state index in [2.05, 4.69) is 32.0 Å². The number of carbonyl (C=O) groups is 3. The molecule has 6 N–H and O–H groups in total. The number of H-pyrrole nitrogens is 1. The highest BCUT2D eigenvalue weighted by Gasteiger charge is 2.55. The number of aromatic amines is 1. The lowest BCUT2D eigenvalue weighted by Crippen LogP contribution is -2.55. The molecule has 0 radical (unpaired) electrons. The number of primary amides is 2. The van der Waals surface area contributed by atoms with Crippen molar-refractivity contribution in [2.45, 2.75) is 87.2 Å². The van der Waals surface area contributed by atoms with E-state index in [0.717, 1.165) is 67.2 Å². The Morgan fingerprint density at radius 3 is 2.18 bits per heavy atom. The molecule has 7 rings (SSSR count). The summed E-state index contributed by atoms with van der Waals surface area (Å²) in [7, 11) is 0. The predicted molar refractivity (Wildman–Crippen MR) is 163 cm³/mol. The van der Waals surface area contributed by atoms with E-state index in [1.165, 1.54) is 0 Å². The number of nitrogens with two attached hydrogens (primary N) is 2. The number of aryl methyl sites for hydroxylation is 2. The van der Waals surface area contributed by atoms with Gasteiger partial charge in [0, 0.05) is 22.7 Å². The van der Waals surface area contributed by atoms with E-state index in [-0.39, 0.29) is 24.5 Å². The lowest BCUT2D eigenvalue weighted by molar-refractivity contribution is -0.131. The minimum absolute atomic E-state index is 0.0363. The second-order valence-electron chi connectivity index (χ2n) is 13.2. The minimum atomic E-state index is -0.922. The average molecular weight is 608 g/mol. The summed E-state index contributed by atoms with van der Waals surface area (Å²) in [6, 6.07) is 13.2. The molecule has 12 nitrogen and oxygen atoms in total. The van der Waals surface area contributed by atoms with Crippen molar-refractivity contribution in [3.63, 3.8) is 0 Å². The Kier molecular flexibility index (Phi) is 7.16. The van der Waals surface area contributed by atoms with Crippen molar-refractivity contribution in [1.82, 2.24) is 30.8 Å². The number of rotatable bonds is 8. The van der Waals surface area contributed by atoms with Crippen LogP contribution in [0.5, 0.6) is 0 Å². The fourth-order valence-electron chi connectivity index (χ4n) is 8.46. The average Bonchev–Trinajstić information content (AvgIpc) is 3.42. The number of nitriles is 1. The van der Waals surface area contributed by atoms with Crippen molar-refractivity contribution >= 4 is 17.7 Å². The minimum Gasteiger partial charge on any atom is -0.366 e. The van der Waals surface area contributed by atoms with E-state index in [1.54, 1.807) is 17.0 Å². The molecular weight excluding hydrogens is 570 g/mol. The molecular formula is C33H37N9O3. The van der Waals surface area contributed by atoms with Crippen LogP contribution in [0.3, 0.4) is 0 Å². The predicted octanol–water partition coefficient (Wildman–Crippen LogP) is 2.03. The highest BCUT2D eigenvalue weighted by Crippen LogP contribution is 2.51. The third-order valence-corrected chi connectivity index (χ3v) is 10.7. The van der Waals surface area contributed by atoms with Crippen LogP contribution in [0.4, 0.5) is 0 Å². The van der Waals surface area contributed by atoms with Crippen molar-refractivity contribution in [3.8, 4) is 6.07 Å². The normalized spacial score (nSPS) is 24.0. The van der Waals surface area contributed by atoms with Gasteiger partial charge in [0.1, 0.15) is 6.04 Å². The highest BCUT2D eigenvalue weighted by atomic mass is 16.2. The van der Waals surface area contributed by atoms with Crippen molar-refractivity contribution in [2.24, 2.45) is 17.4 Å². The number of piperidine rings is 1. The fraction of sp³-hybridized carbons (Fsp3) is 0.485. The number of nitrogens with one attached hydrogen (secondary N) is 2. The molecule has 2 heterocycles. The second kappa shape index (κ2) is 11.1. The number of carbonyl (C=O) groups excluding carboxylic acids is 3. The molecule has 3 aromatic rings. The SMILES string of the molecule is N#C[C@@H]1C[C@@H]2C[C@@H]2N1C(=O)CNC1(CC2(c3nnn[nH]3)c3ccc(C(N)=O)cc3CCc3cc(C(N)=O)ccc32)CCCCC1. The number of benzene rings is 2. The van der Waals surface area contributed by atoms with Crippen LogP contribution in [-0.4, -0.2) is 67.4 Å². The first kappa shape index (κ1) is 29.1. The van der Waals surface area contributed by atoms with Crippen molar-refractivity contribution in [3.05, 3.63) is 75.6 Å². The molecule has 1 saturated heterocycles. The molecule has 0 bridgehead atoms. The first-order valence-corrected chi connectivity index (χ1v) is 15.8. The smallest absolute Gasteiger partial charge is 0.248 e. The van der Waals surface area contributed by atoms with E-state index in [4.69, 9.17) is 11.5 Å². The lowest BCUT2D eigenvalue weighted by atomic mass is 9.62. The van der Waals surface area contributed by atoms with Gasteiger partial charge in [-0.3, -0.25) is 14.4 Å². The molecule has 3 aliphatic carbocycles. The molecule has 1 aromatic heterocycles. The van der Waals surface area contributed by atoms with Crippen LogP contribution < -0.4 is 16.8 Å². The zero-order valence-electron chi connectivity index (χ0n) is 25.1. The second-order valence-corrected chi connectivity index (χ2v) is 13.2. The first-order valence-electron chi connectivity index (χ1n) is 15.8. The molecule has 2 saturated carbocycles. The molecule has 45 heavy (non-hydrogen) atoms. The Balaban J connectivity index is 1.36. The topological polar surface area (TPSA) is 197 Å². The summed E-state index contributed by atoms with van der Waals surface area (Å²) in [6.45, 7) is 0.132. The number of hydrogen-bond acceptors (Lipinski definition) is 8. The number of fused-ring (bicyclic) bond motifs is 3. The number of tetrazole rings is 1. The van der Waals surface area contributed by atoms with E-state index < -0.39 is 22.8 Å². The van der Waals surface area contributed by atoms with Crippen molar-refractivity contribution in [2.75, 3.05) is 6.54 Å². The molecule has 3 amide bonds. The van der Waals surface area contributed by atoms with Crippen LogP contribution in [0.25, 0.3) is 0 Å². The molecule has 232 valence electrons. The monoisotopic (exact) mass is 607 g/mol. The van der Waals surface area contributed by atoms with Crippen LogP contribution in [-0.2, 0) is 23.1 Å². The van der Waals surface area contributed by atoms with E-state index >= 15 is 0 Å². The van der Waals surface area contributed by atoms with Gasteiger partial charge in [-0.15, -0.1) is 5.10 Å². The fourth-order valence-corrected chi connectivity index (χ4v) is 8.46. The van der Waals surface area contributed by atoms with Gasteiger partial charge in [-0.05, 0) is 108 Å². The van der Waals surface area contributed by atoms with Crippen LogP contribution in [0.2, 0.25) is 0 Å². The van der Waals surface area contributed by atoms with Crippen molar-refractivity contribution < 1.29 is 14.4 Å². The Hall–Kier alpha value is -4.63. The Morgan fingerprint density at radius 1 is 0.978 bits per heavy atom. The van der Waals surface area contributed by atoms with Gasteiger partial charge in [-0.1, -0.05) is 31.4 Å². The Bertz CT molecular complexity index is 1640. The molecule has 1 aliphatic heterocycles.